The van der Waals surface area contributed by atoms with Gasteiger partial charge >= 0.3 is 12.0 Å². The number of nitrogens with zero attached hydrogens (tertiary/aromatic N) is 3. The topological polar surface area (TPSA) is 110 Å². The third kappa shape index (κ3) is 5.73. The maximum absolute atomic E-state index is 13.2. The molecule has 2 atom stereocenters. The van der Waals surface area contributed by atoms with Crippen LogP contribution in [0.15, 0.2) is 29.5 Å². The summed E-state index contributed by atoms with van der Waals surface area (Å²) in [5, 5.41) is 2.92. The van der Waals surface area contributed by atoms with Gasteiger partial charge in [0, 0.05) is 52.1 Å². The molecule has 2 aliphatic rings. The van der Waals surface area contributed by atoms with Crippen LogP contribution >= 0.6 is 0 Å². The first-order chi connectivity index (χ1) is 17.2. The number of benzene rings is 1. The third-order valence-electron chi connectivity index (χ3n) is 6.49. The van der Waals surface area contributed by atoms with Crippen LogP contribution in [0.5, 0.6) is 11.5 Å². The van der Waals surface area contributed by atoms with Gasteiger partial charge in [-0.05, 0) is 31.5 Å². The molecular formula is C25H36N4O7. The van der Waals surface area contributed by atoms with Crippen molar-refractivity contribution in [2.24, 2.45) is 0 Å². The van der Waals surface area contributed by atoms with Gasteiger partial charge in [0.25, 0.3) is 0 Å². The fourth-order valence-corrected chi connectivity index (χ4v) is 4.65. The van der Waals surface area contributed by atoms with Gasteiger partial charge in [-0.1, -0.05) is 6.07 Å². The maximum atomic E-state index is 13.2. The van der Waals surface area contributed by atoms with Crippen molar-refractivity contribution < 1.29 is 33.3 Å². The Labute approximate surface area is 211 Å². The van der Waals surface area contributed by atoms with Crippen molar-refractivity contribution in [2.75, 3.05) is 67.8 Å². The molecule has 0 bridgehead atoms. The lowest BCUT2D eigenvalue weighted by Crippen LogP contribution is -2.56. The number of methoxy groups -OCH3 is 3. The van der Waals surface area contributed by atoms with E-state index in [1.807, 2.05) is 6.92 Å². The quantitative estimate of drug-likeness (QED) is 0.503. The van der Waals surface area contributed by atoms with E-state index in [0.717, 1.165) is 0 Å². The number of likely N-dealkylation sites (N-methyl/N-ethyl adjacent to an activating group) is 1. The summed E-state index contributed by atoms with van der Waals surface area (Å²) < 4.78 is 21.2. The van der Waals surface area contributed by atoms with Crippen molar-refractivity contribution in [3.8, 4) is 11.5 Å². The SMILES string of the molecule is CCOC(=O)C1=C(CN2CCN(C(=O)COC)C(C)C2)N(C)C(=O)NC1c1ccc(OC)c(OC)c1. The van der Waals surface area contributed by atoms with Crippen LogP contribution in [0.25, 0.3) is 0 Å². The van der Waals surface area contributed by atoms with Gasteiger partial charge in [-0.15, -0.1) is 0 Å². The van der Waals surface area contributed by atoms with E-state index in [0.29, 0.717) is 54.5 Å². The van der Waals surface area contributed by atoms with Gasteiger partial charge in [0.1, 0.15) is 6.61 Å². The zero-order chi connectivity index (χ0) is 26.4. The van der Waals surface area contributed by atoms with E-state index >= 15 is 0 Å². The lowest BCUT2D eigenvalue weighted by atomic mass is 9.93. The first kappa shape index (κ1) is 27.3. The number of carbonyl (C=O) groups is 3. The molecule has 0 radical (unpaired) electrons. The second-order valence-electron chi connectivity index (χ2n) is 8.74. The van der Waals surface area contributed by atoms with Gasteiger partial charge in [-0.25, -0.2) is 9.59 Å². The molecule has 1 aromatic carbocycles. The average molecular weight is 505 g/mol. The van der Waals surface area contributed by atoms with E-state index < -0.39 is 12.0 Å². The summed E-state index contributed by atoms with van der Waals surface area (Å²) in [6.07, 6.45) is 0. The molecule has 0 spiro atoms. The number of piperazine rings is 1. The fraction of sp³-hybridized carbons (Fsp3) is 0.560. The molecule has 2 unspecified atom stereocenters. The van der Waals surface area contributed by atoms with Crippen LogP contribution in [0, 0.1) is 0 Å². The summed E-state index contributed by atoms with van der Waals surface area (Å²) in [5.74, 6) is 0.468. The number of carbonyl (C=O) groups excluding carboxylic acids is 3. The summed E-state index contributed by atoms with van der Waals surface area (Å²) in [6, 6.07) is 4.16. The lowest BCUT2D eigenvalue weighted by molar-refractivity contribution is -0.139. The van der Waals surface area contributed by atoms with E-state index in [-0.39, 0.29) is 31.2 Å². The highest BCUT2D eigenvalue weighted by molar-refractivity contribution is 5.95. The number of rotatable bonds is 9. The first-order valence-corrected chi connectivity index (χ1v) is 11.9. The largest absolute Gasteiger partial charge is 0.493 e. The third-order valence-corrected chi connectivity index (χ3v) is 6.49. The molecule has 198 valence electrons. The number of nitrogens with one attached hydrogen (secondary N) is 1. The van der Waals surface area contributed by atoms with Crippen molar-refractivity contribution in [3.63, 3.8) is 0 Å². The van der Waals surface area contributed by atoms with Crippen molar-refractivity contribution in [3.05, 3.63) is 35.0 Å². The molecule has 1 fully saturated rings. The van der Waals surface area contributed by atoms with Crippen LogP contribution in [0.2, 0.25) is 0 Å². The average Bonchev–Trinajstić information content (AvgIpc) is 2.86. The first-order valence-electron chi connectivity index (χ1n) is 11.9. The summed E-state index contributed by atoms with van der Waals surface area (Å²) >= 11 is 0. The molecule has 11 heteroatoms. The van der Waals surface area contributed by atoms with Crippen molar-refractivity contribution in [2.45, 2.75) is 25.9 Å². The number of ether oxygens (including phenoxy) is 4. The number of urea groups is 1. The van der Waals surface area contributed by atoms with E-state index in [1.54, 1.807) is 44.2 Å². The molecule has 2 heterocycles. The normalized spacial score (nSPS) is 20.8. The predicted octanol–water partition coefficient (Wildman–Crippen LogP) is 1.40. The van der Waals surface area contributed by atoms with E-state index in [1.165, 1.54) is 19.1 Å². The number of hydrogen-bond donors (Lipinski definition) is 1. The smallest absolute Gasteiger partial charge is 0.338 e. The molecule has 36 heavy (non-hydrogen) atoms. The maximum Gasteiger partial charge on any atom is 0.338 e. The highest BCUT2D eigenvalue weighted by Crippen LogP contribution is 2.36. The van der Waals surface area contributed by atoms with Gasteiger partial charge in [0.15, 0.2) is 11.5 Å². The summed E-state index contributed by atoms with van der Waals surface area (Å²) in [6.45, 7) is 6.01. The zero-order valence-corrected chi connectivity index (χ0v) is 21.8. The van der Waals surface area contributed by atoms with Crippen molar-refractivity contribution in [1.82, 2.24) is 20.0 Å². The van der Waals surface area contributed by atoms with Crippen molar-refractivity contribution in [1.29, 1.82) is 0 Å². The minimum atomic E-state index is -0.732. The molecule has 3 amide bonds. The van der Waals surface area contributed by atoms with Gasteiger partial charge in [0.05, 0.1) is 32.4 Å². The minimum Gasteiger partial charge on any atom is -0.493 e. The molecule has 1 saturated heterocycles. The number of amides is 3. The zero-order valence-electron chi connectivity index (χ0n) is 21.8. The van der Waals surface area contributed by atoms with Crippen LogP contribution < -0.4 is 14.8 Å². The molecule has 0 aliphatic carbocycles. The molecule has 11 nitrogen and oxygen atoms in total. The van der Waals surface area contributed by atoms with Crippen LogP contribution in [-0.2, 0) is 19.1 Å². The molecule has 3 rings (SSSR count). The van der Waals surface area contributed by atoms with E-state index in [2.05, 4.69) is 10.2 Å². The molecule has 1 aromatic rings. The summed E-state index contributed by atoms with van der Waals surface area (Å²) in [5.41, 5.74) is 1.58. The van der Waals surface area contributed by atoms with E-state index in [9.17, 15) is 14.4 Å². The van der Waals surface area contributed by atoms with Crippen LogP contribution in [-0.4, -0.2) is 106 Å². The molecule has 0 saturated carbocycles. The van der Waals surface area contributed by atoms with Gasteiger partial charge in [0.2, 0.25) is 5.91 Å². The Kier molecular flexibility index (Phi) is 9.16. The minimum absolute atomic E-state index is 0.0401. The Morgan fingerprint density at radius 2 is 1.83 bits per heavy atom. The Morgan fingerprint density at radius 3 is 2.44 bits per heavy atom. The number of hydrogen-bond acceptors (Lipinski definition) is 8. The monoisotopic (exact) mass is 504 g/mol. The summed E-state index contributed by atoms with van der Waals surface area (Å²) in [7, 11) is 6.21. The highest BCUT2D eigenvalue weighted by Gasteiger charge is 2.38. The fourth-order valence-electron chi connectivity index (χ4n) is 4.65. The number of esters is 1. The Bertz CT molecular complexity index is 1010. The Morgan fingerprint density at radius 1 is 1.11 bits per heavy atom. The lowest BCUT2D eigenvalue weighted by Gasteiger charge is -2.42. The Balaban J connectivity index is 1.97. The molecule has 2 aliphatic heterocycles. The van der Waals surface area contributed by atoms with Crippen LogP contribution in [0.4, 0.5) is 4.79 Å². The highest BCUT2D eigenvalue weighted by atomic mass is 16.5. The van der Waals surface area contributed by atoms with Crippen molar-refractivity contribution >= 4 is 17.9 Å². The van der Waals surface area contributed by atoms with Crippen LogP contribution in [0.1, 0.15) is 25.5 Å². The predicted molar refractivity (Wildman–Crippen MR) is 132 cm³/mol. The molecule has 0 aromatic heterocycles. The Hall–Kier alpha value is -3.31. The van der Waals surface area contributed by atoms with Gasteiger partial charge < -0.3 is 29.2 Å². The standard InChI is InChI=1S/C25H36N4O7/c1-7-36-24(31)22-18(14-28-10-11-29(16(2)13-28)21(30)15-33-4)27(3)25(32)26-23(22)17-8-9-19(34-5)20(12-17)35-6/h8-9,12,16,23H,7,10-11,13-15H2,1-6H3,(H,26,32). The van der Waals surface area contributed by atoms with E-state index in [4.69, 9.17) is 18.9 Å². The summed E-state index contributed by atoms with van der Waals surface area (Å²) in [4.78, 5) is 44.0. The molecular weight excluding hydrogens is 468 g/mol. The molecule has 1 N–H and O–H groups in total. The van der Waals surface area contributed by atoms with Gasteiger partial charge in [-0.2, -0.15) is 0 Å². The van der Waals surface area contributed by atoms with Crippen LogP contribution in [0.3, 0.4) is 0 Å². The second-order valence-corrected chi connectivity index (χ2v) is 8.74. The van der Waals surface area contributed by atoms with Gasteiger partial charge in [-0.3, -0.25) is 14.6 Å². The second kappa shape index (κ2) is 12.1.